The summed E-state index contributed by atoms with van der Waals surface area (Å²) in [5, 5.41) is 13.7. The first-order valence-electron chi connectivity index (χ1n) is 12.8. The van der Waals surface area contributed by atoms with Gasteiger partial charge in [0.25, 0.3) is 5.91 Å². The van der Waals surface area contributed by atoms with Crippen LogP contribution < -0.4 is 14.8 Å². The van der Waals surface area contributed by atoms with Gasteiger partial charge in [-0.05, 0) is 49.4 Å². The largest absolute Gasteiger partial charge is 0.494 e. The summed E-state index contributed by atoms with van der Waals surface area (Å²) < 4.78 is 68.9. The zero-order valence-electron chi connectivity index (χ0n) is 23.0. The lowest BCUT2D eigenvalue weighted by Crippen LogP contribution is -2.51. The number of nitrogens with zero attached hydrogens (tertiary/aromatic N) is 2. The van der Waals surface area contributed by atoms with Crippen LogP contribution in [0.4, 0.5) is 17.6 Å². The number of hydrogen-bond acceptors (Lipinski definition) is 6. The number of ether oxygens (including phenoxy) is 2. The van der Waals surface area contributed by atoms with Crippen LogP contribution in [0.25, 0.3) is 22.2 Å². The molecule has 0 fully saturated rings. The normalized spacial score (nSPS) is 15.6. The van der Waals surface area contributed by atoms with Gasteiger partial charge in [0.05, 0.1) is 31.0 Å². The fraction of sp³-hybridized carbons (Fsp3) is 0.300. The number of nitrogens with one attached hydrogen (secondary N) is 1. The Labute approximate surface area is 243 Å². The topological polar surface area (TPSA) is 93.6 Å². The fourth-order valence-corrected chi connectivity index (χ4v) is 4.98. The van der Waals surface area contributed by atoms with Gasteiger partial charge < -0.3 is 19.9 Å². The van der Waals surface area contributed by atoms with Crippen molar-refractivity contribution < 1.29 is 36.9 Å². The number of aryl methyl sites for hydroxylation is 1. The van der Waals surface area contributed by atoms with Crippen molar-refractivity contribution in [2.24, 2.45) is 0 Å². The van der Waals surface area contributed by atoms with E-state index in [1.807, 2.05) is 0 Å². The Bertz CT molecular complexity index is 1730. The summed E-state index contributed by atoms with van der Waals surface area (Å²) in [4.78, 5) is 21.7. The van der Waals surface area contributed by atoms with Crippen molar-refractivity contribution in [3.8, 4) is 22.8 Å². The van der Waals surface area contributed by atoms with Gasteiger partial charge in [0, 0.05) is 33.2 Å². The van der Waals surface area contributed by atoms with Crippen LogP contribution in [0.5, 0.6) is 11.5 Å². The van der Waals surface area contributed by atoms with Crippen molar-refractivity contribution in [2.75, 3.05) is 20.3 Å². The molecular weight excluding hydrogens is 578 g/mol. The van der Waals surface area contributed by atoms with E-state index >= 15 is 0 Å². The molecule has 220 valence electrons. The summed E-state index contributed by atoms with van der Waals surface area (Å²) in [7, 11) is 1.39. The van der Waals surface area contributed by atoms with Crippen molar-refractivity contribution in [3.05, 3.63) is 81.9 Å². The number of fused-ring (bicyclic) bond motifs is 2. The summed E-state index contributed by atoms with van der Waals surface area (Å²) in [6, 6.07) is 11.0. The van der Waals surface area contributed by atoms with E-state index in [9.17, 15) is 27.5 Å². The lowest BCUT2D eigenvalue weighted by atomic mass is 9.84. The molecule has 0 spiro atoms. The molecule has 2 aromatic heterocycles. The van der Waals surface area contributed by atoms with Crippen LogP contribution in [0, 0.1) is 12.7 Å². The van der Waals surface area contributed by atoms with Crippen LogP contribution in [-0.4, -0.2) is 47.4 Å². The van der Waals surface area contributed by atoms with E-state index in [2.05, 4.69) is 15.3 Å². The zero-order valence-corrected chi connectivity index (χ0v) is 23.7. The van der Waals surface area contributed by atoms with E-state index in [1.54, 1.807) is 32.9 Å². The Kier molecular flexibility index (Phi) is 7.31. The number of halogens is 5. The predicted octanol–water partition coefficient (Wildman–Crippen LogP) is 6.26. The third-order valence-corrected chi connectivity index (χ3v) is 7.54. The van der Waals surface area contributed by atoms with Crippen LogP contribution in [0.3, 0.4) is 0 Å². The van der Waals surface area contributed by atoms with Gasteiger partial charge in [-0.1, -0.05) is 31.5 Å². The summed E-state index contributed by atoms with van der Waals surface area (Å²) in [5.41, 5.74) is -3.40. The van der Waals surface area contributed by atoms with Crippen molar-refractivity contribution >= 4 is 28.4 Å². The molecule has 12 heteroatoms. The molecular formula is C30H26ClF4N3O4. The highest BCUT2D eigenvalue weighted by atomic mass is 35.5. The maximum absolute atomic E-state index is 14.6. The minimum Gasteiger partial charge on any atom is -0.494 e. The van der Waals surface area contributed by atoms with E-state index in [-0.39, 0.29) is 39.9 Å². The number of benzene rings is 2. The predicted molar refractivity (Wildman–Crippen MR) is 148 cm³/mol. The third kappa shape index (κ3) is 5.11. The van der Waals surface area contributed by atoms with Gasteiger partial charge >= 0.3 is 6.18 Å². The van der Waals surface area contributed by atoms with E-state index in [4.69, 9.17) is 21.1 Å². The lowest BCUT2D eigenvalue weighted by molar-refractivity contribution is -0.265. The second-order valence-corrected chi connectivity index (χ2v) is 11.2. The van der Waals surface area contributed by atoms with Crippen LogP contribution in [0.2, 0.25) is 5.02 Å². The molecule has 3 heterocycles. The maximum Gasteiger partial charge on any atom is 0.424 e. The fourth-order valence-electron chi connectivity index (χ4n) is 4.80. The molecule has 5 rings (SSSR count). The van der Waals surface area contributed by atoms with Crippen molar-refractivity contribution in [3.63, 3.8) is 0 Å². The highest BCUT2D eigenvalue weighted by Gasteiger charge is 2.57. The molecule has 0 saturated carbocycles. The van der Waals surface area contributed by atoms with Gasteiger partial charge in [0.15, 0.2) is 0 Å². The number of rotatable bonds is 6. The van der Waals surface area contributed by atoms with Gasteiger partial charge in [-0.3, -0.25) is 4.79 Å². The number of carbonyl (C=O) groups is 1. The van der Waals surface area contributed by atoms with E-state index in [0.29, 0.717) is 22.2 Å². The SMILES string of the molecule is COc1cc(C(=O)NCC(O)(c2cc3c(c(-c4ccc(F)c(Cl)c4)n2)OCC3(C)C)C(F)(F)F)cc2ccc(C)nc12. The van der Waals surface area contributed by atoms with Gasteiger partial charge in [-0.25, -0.2) is 14.4 Å². The number of hydrogen-bond donors (Lipinski definition) is 2. The first-order valence-corrected chi connectivity index (χ1v) is 13.2. The molecule has 0 bridgehead atoms. The summed E-state index contributed by atoms with van der Waals surface area (Å²) >= 11 is 5.95. The van der Waals surface area contributed by atoms with Crippen LogP contribution in [0.1, 0.15) is 41.2 Å². The molecule has 42 heavy (non-hydrogen) atoms. The molecule has 7 nitrogen and oxygen atoms in total. The molecule has 1 unspecified atom stereocenters. The third-order valence-electron chi connectivity index (χ3n) is 7.25. The average Bonchev–Trinajstić information content (AvgIpc) is 3.25. The standard InChI is InChI=1S/C30H26ClF4N3O4/c1-15-5-6-16-9-18(11-22(41-4)24(16)37-15)27(39)36-13-29(40,30(33,34)35)23-12-19-26(42-14-28(19,2)3)25(38-23)17-7-8-21(32)20(31)10-17/h5-12,40H,13-14H2,1-4H3,(H,36,39). The molecule has 2 N–H and O–H groups in total. The lowest BCUT2D eigenvalue weighted by Gasteiger charge is -2.31. The second kappa shape index (κ2) is 10.4. The molecule has 0 radical (unpaired) electrons. The smallest absolute Gasteiger partial charge is 0.424 e. The molecule has 4 aromatic rings. The minimum atomic E-state index is -5.26. The molecule has 1 amide bonds. The van der Waals surface area contributed by atoms with E-state index in [1.165, 1.54) is 31.4 Å². The van der Waals surface area contributed by atoms with Gasteiger partial charge in [0.2, 0.25) is 5.60 Å². The highest BCUT2D eigenvalue weighted by molar-refractivity contribution is 6.31. The summed E-state index contributed by atoms with van der Waals surface area (Å²) in [6.07, 6.45) is -5.26. The van der Waals surface area contributed by atoms with Gasteiger partial charge in [-0.2, -0.15) is 13.2 Å². The average molecular weight is 604 g/mol. The van der Waals surface area contributed by atoms with Crippen LogP contribution in [-0.2, 0) is 11.0 Å². The Morgan fingerprint density at radius 2 is 1.88 bits per heavy atom. The highest BCUT2D eigenvalue weighted by Crippen LogP contribution is 2.48. The number of carbonyl (C=O) groups excluding carboxylic acids is 1. The van der Waals surface area contributed by atoms with Crippen molar-refractivity contribution in [2.45, 2.75) is 38.0 Å². The van der Waals surface area contributed by atoms with Crippen LogP contribution in [0.15, 0.2) is 48.5 Å². The van der Waals surface area contributed by atoms with Gasteiger partial charge in [-0.15, -0.1) is 0 Å². The Morgan fingerprint density at radius 1 is 1.14 bits per heavy atom. The summed E-state index contributed by atoms with van der Waals surface area (Å²) in [5.74, 6) is -1.14. The number of alkyl halides is 3. The molecule has 0 saturated heterocycles. The number of amides is 1. The monoisotopic (exact) mass is 603 g/mol. The first kappa shape index (κ1) is 29.5. The Balaban J connectivity index is 1.57. The molecule has 2 aromatic carbocycles. The number of methoxy groups -OCH3 is 1. The zero-order chi connectivity index (χ0) is 30.6. The quantitative estimate of drug-likeness (QED) is 0.253. The number of aromatic nitrogens is 2. The van der Waals surface area contributed by atoms with Crippen molar-refractivity contribution in [1.29, 1.82) is 0 Å². The first-order chi connectivity index (χ1) is 19.6. The van der Waals surface area contributed by atoms with E-state index < -0.39 is 41.2 Å². The Hall–Kier alpha value is -3.96. The van der Waals surface area contributed by atoms with Crippen LogP contribution >= 0.6 is 11.6 Å². The molecule has 1 atom stereocenters. The Morgan fingerprint density at radius 3 is 2.55 bits per heavy atom. The second-order valence-electron chi connectivity index (χ2n) is 10.8. The maximum atomic E-state index is 14.6. The number of aliphatic hydroxyl groups is 1. The molecule has 1 aliphatic rings. The molecule has 1 aliphatic heterocycles. The number of pyridine rings is 2. The summed E-state index contributed by atoms with van der Waals surface area (Å²) in [6.45, 7) is 4.20. The van der Waals surface area contributed by atoms with Gasteiger partial charge in [0.1, 0.15) is 28.5 Å². The van der Waals surface area contributed by atoms with E-state index in [0.717, 1.165) is 12.1 Å². The minimum absolute atomic E-state index is 0.00705. The van der Waals surface area contributed by atoms with Crippen molar-refractivity contribution in [1.82, 2.24) is 15.3 Å². The molecule has 0 aliphatic carbocycles.